The minimum absolute atomic E-state index is 0.00803. The molecule has 0 aliphatic carbocycles. The van der Waals surface area contributed by atoms with Crippen LogP contribution in [0.25, 0.3) is 0 Å². The molecule has 1 aliphatic heterocycles. The Hall–Kier alpha value is -0.520. The summed E-state index contributed by atoms with van der Waals surface area (Å²) in [4.78, 5) is 0. The summed E-state index contributed by atoms with van der Waals surface area (Å²) in [5.74, 6) is -1.12. The molecule has 0 bridgehead atoms. The summed E-state index contributed by atoms with van der Waals surface area (Å²) in [7, 11) is 0. The van der Waals surface area contributed by atoms with Crippen LogP contribution in [0.3, 0.4) is 0 Å². The Morgan fingerprint density at radius 1 is 1.24 bits per heavy atom. The van der Waals surface area contributed by atoms with Crippen molar-refractivity contribution in [2.45, 2.75) is 18.9 Å². The highest BCUT2D eigenvalue weighted by atomic mass is 79.9. The molecule has 94 valence electrons. The van der Waals surface area contributed by atoms with Gasteiger partial charge in [-0.15, -0.1) is 0 Å². The molecule has 1 aromatic carbocycles. The van der Waals surface area contributed by atoms with Gasteiger partial charge in [-0.1, -0.05) is 0 Å². The van der Waals surface area contributed by atoms with Gasteiger partial charge in [-0.05, 0) is 59.9 Å². The van der Waals surface area contributed by atoms with Gasteiger partial charge in [-0.3, -0.25) is 0 Å². The number of halogens is 3. The summed E-state index contributed by atoms with van der Waals surface area (Å²) in [5.41, 5.74) is 0.0533. The molecule has 17 heavy (non-hydrogen) atoms. The van der Waals surface area contributed by atoms with Crippen LogP contribution in [-0.2, 0) is 0 Å². The number of aliphatic hydroxyl groups excluding tert-OH is 1. The third kappa shape index (κ3) is 2.84. The topological polar surface area (TPSA) is 32.3 Å². The van der Waals surface area contributed by atoms with Gasteiger partial charge in [0.1, 0.15) is 11.6 Å². The highest BCUT2D eigenvalue weighted by Gasteiger charge is 2.26. The maximum absolute atomic E-state index is 13.7. The lowest BCUT2D eigenvalue weighted by Gasteiger charge is -2.27. The predicted molar refractivity (Wildman–Crippen MR) is 64.6 cm³/mol. The van der Waals surface area contributed by atoms with Gasteiger partial charge in [-0.2, -0.15) is 0 Å². The number of aliphatic hydroxyl groups is 1. The van der Waals surface area contributed by atoms with E-state index in [-0.39, 0.29) is 16.0 Å². The fraction of sp³-hybridized carbons (Fsp3) is 0.500. The van der Waals surface area contributed by atoms with E-state index in [4.69, 9.17) is 0 Å². The van der Waals surface area contributed by atoms with Crippen LogP contribution in [0, 0.1) is 17.6 Å². The van der Waals surface area contributed by atoms with Crippen molar-refractivity contribution < 1.29 is 13.9 Å². The maximum Gasteiger partial charge on any atom is 0.137 e. The molecule has 1 unspecified atom stereocenters. The second kappa shape index (κ2) is 5.42. The molecular formula is C12H14BrF2NO. The van der Waals surface area contributed by atoms with E-state index in [9.17, 15) is 13.9 Å². The van der Waals surface area contributed by atoms with Crippen LogP contribution in [0.15, 0.2) is 16.6 Å². The van der Waals surface area contributed by atoms with E-state index in [0.29, 0.717) is 0 Å². The van der Waals surface area contributed by atoms with E-state index < -0.39 is 17.7 Å². The van der Waals surface area contributed by atoms with E-state index >= 15 is 0 Å². The highest BCUT2D eigenvalue weighted by Crippen LogP contribution is 2.32. The van der Waals surface area contributed by atoms with E-state index in [1.165, 1.54) is 0 Å². The summed E-state index contributed by atoms with van der Waals surface area (Å²) in [6.45, 7) is 1.62. The SMILES string of the molecule is OC(c1cc(F)c(Br)cc1F)C1CCNCC1. The first kappa shape index (κ1) is 12.9. The lowest BCUT2D eigenvalue weighted by molar-refractivity contribution is 0.0853. The molecular weight excluding hydrogens is 292 g/mol. The van der Waals surface area contributed by atoms with Crippen LogP contribution in [-0.4, -0.2) is 18.2 Å². The molecule has 0 spiro atoms. The minimum Gasteiger partial charge on any atom is -0.388 e. The van der Waals surface area contributed by atoms with Gasteiger partial charge in [0.05, 0.1) is 10.6 Å². The lowest BCUT2D eigenvalue weighted by Crippen LogP contribution is -2.31. The fourth-order valence-corrected chi connectivity index (χ4v) is 2.49. The first-order valence-corrected chi connectivity index (χ1v) is 6.42. The first-order valence-electron chi connectivity index (χ1n) is 5.63. The molecule has 1 aromatic rings. The van der Waals surface area contributed by atoms with Gasteiger partial charge < -0.3 is 10.4 Å². The smallest absolute Gasteiger partial charge is 0.137 e. The minimum atomic E-state index is -0.931. The van der Waals surface area contributed by atoms with Crippen molar-refractivity contribution >= 4 is 15.9 Å². The van der Waals surface area contributed by atoms with Gasteiger partial charge in [-0.25, -0.2) is 8.78 Å². The summed E-state index contributed by atoms with van der Waals surface area (Å²) >= 11 is 2.92. The molecule has 2 N–H and O–H groups in total. The number of hydrogen-bond donors (Lipinski definition) is 2. The highest BCUT2D eigenvalue weighted by molar-refractivity contribution is 9.10. The quantitative estimate of drug-likeness (QED) is 0.824. The average molecular weight is 306 g/mol. The second-order valence-corrected chi connectivity index (χ2v) is 5.17. The molecule has 2 rings (SSSR count). The maximum atomic E-state index is 13.7. The summed E-state index contributed by atoms with van der Waals surface area (Å²) < 4.78 is 27.1. The molecule has 2 nitrogen and oxygen atoms in total. The van der Waals surface area contributed by atoms with Crippen molar-refractivity contribution in [1.29, 1.82) is 0 Å². The third-order valence-electron chi connectivity index (χ3n) is 3.19. The van der Waals surface area contributed by atoms with Crippen molar-refractivity contribution in [3.8, 4) is 0 Å². The Bertz CT molecular complexity index is 408. The van der Waals surface area contributed by atoms with Crippen LogP contribution in [0.1, 0.15) is 24.5 Å². The van der Waals surface area contributed by atoms with E-state index in [1.807, 2.05) is 0 Å². The Kier molecular flexibility index (Phi) is 4.12. The summed E-state index contributed by atoms with van der Waals surface area (Å²) in [6.07, 6.45) is 0.621. The molecule has 1 heterocycles. The molecule has 0 saturated carbocycles. The molecule has 0 radical (unpaired) electrons. The van der Waals surface area contributed by atoms with Crippen molar-refractivity contribution in [1.82, 2.24) is 5.32 Å². The van der Waals surface area contributed by atoms with Crippen molar-refractivity contribution in [2.75, 3.05) is 13.1 Å². The monoisotopic (exact) mass is 305 g/mol. The Morgan fingerprint density at radius 3 is 2.53 bits per heavy atom. The summed E-state index contributed by atoms with van der Waals surface area (Å²) in [6, 6.07) is 2.14. The van der Waals surface area contributed by atoms with E-state index in [2.05, 4.69) is 21.2 Å². The first-order chi connectivity index (χ1) is 8.09. The fourth-order valence-electron chi connectivity index (χ4n) is 2.18. The molecule has 1 fully saturated rings. The van der Waals surface area contributed by atoms with Gasteiger partial charge in [0, 0.05) is 5.56 Å². The Labute approximate surface area is 107 Å². The molecule has 1 atom stereocenters. The zero-order chi connectivity index (χ0) is 12.4. The third-order valence-corrected chi connectivity index (χ3v) is 3.80. The standard InChI is InChI=1S/C12H14BrF2NO/c13-9-6-10(14)8(5-11(9)15)12(17)7-1-3-16-4-2-7/h5-7,12,16-17H,1-4H2. The van der Waals surface area contributed by atoms with Crippen molar-refractivity contribution in [3.63, 3.8) is 0 Å². The molecule has 1 saturated heterocycles. The second-order valence-electron chi connectivity index (χ2n) is 4.32. The normalized spacial score (nSPS) is 19.3. The Morgan fingerprint density at radius 2 is 1.88 bits per heavy atom. The van der Waals surface area contributed by atoms with Crippen LogP contribution in [0.4, 0.5) is 8.78 Å². The summed E-state index contributed by atoms with van der Waals surface area (Å²) in [5, 5.41) is 13.3. The van der Waals surface area contributed by atoms with Crippen molar-refractivity contribution in [3.05, 3.63) is 33.8 Å². The van der Waals surface area contributed by atoms with Gasteiger partial charge in [0.15, 0.2) is 0 Å². The van der Waals surface area contributed by atoms with Gasteiger partial charge in [0.2, 0.25) is 0 Å². The largest absolute Gasteiger partial charge is 0.388 e. The van der Waals surface area contributed by atoms with Crippen molar-refractivity contribution in [2.24, 2.45) is 5.92 Å². The van der Waals surface area contributed by atoms with Gasteiger partial charge in [0.25, 0.3) is 0 Å². The zero-order valence-corrected chi connectivity index (χ0v) is 10.8. The van der Waals surface area contributed by atoms with Crippen LogP contribution < -0.4 is 5.32 Å². The van der Waals surface area contributed by atoms with Crippen LogP contribution >= 0.6 is 15.9 Å². The number of hydrogen-bond acceptors (Lipinski definition) is 2. The zero-order valence-electron chi connectivity index (χ0n) is 9.22. The van der Waals surface area contributed by atoms with Gasteiger partial charge >= 0.3 is 0 Å². The number of rotatable bonds is 2. The average Bonchev–Trinajstić information content (AvgIpc) is 2.34. The molecule has 0 aromatic heterocycles. The Balaban J connectivity index is 2.23. The number of benzene rings is 1. The van der Waals surface area contributed by atoms with E-state index in [1.54, 1.807) is 0 Å². The van der Waals surface area contributed by atoms with Crippen LogP contribution in [0.2, 0.25) is 0 Å². The molecule has 1 aliphatic rings. The lowest BCUT2D eigenvalue weighted by atomic mass is 9.88. The molecule has 0 amide bonds. The number of nitrogens with one attached hydrogen (secondary N) is 1. The van der Waals surface area contributed by atoms with E-state index in [0.717, 1.165) is 38.1 Å². The number of piperidine rings is 1. The van der Waals surface area contributed by atoms with Crippen LogP contribution in [0.5, 0.6) is 0 Å². The predicted octanol–water partition coefficient (Wildman–Crippen LogP) is 2.76. The molecule has 5 heteroatoms.